The normalized spacial score (nSPS) is 16.9. The predicted molar refractivity (Wildman–Crippen MR) is 57.4 cm³/mol. The highest BCUT2D eigenvalue weighted by Gasteiger charge is 2.23. The van der Waals surface area contributed by atoms with Crippen molar-refractivity contribution in [3.05, 3.63) is 35.1 Å². The first kappa shape index (κ1) is 10.3. The van der Waals surface area contributed by atoms with E-state index in [0.717, 1.165) is 25.7 Å². The van der Waals surface area contributed by atoms with Crippen molar-refractivity contribution >= 4 is 5.78 Å². The van der Waals surface area contributed by atoms with Crippen molar-refractivity contribution in [1.82, 2.24) is 0 Å². The summed E-state index contributed by atoms with van der Waals surface area (Å²) in [7, 11) is 0. The maximum Gasteiger partial charge on any atom is 0.166 e. The Bertz CT molecular complexity index is 378. The van der Waals surface area contributed by atoms with Crippen molar-refractivity contribution < 1.29 is 9.18 Å². The van der Waals surface area contributed by atoms with E-state index in [9.17, 15) is 9.18 Å². The molecule has 0 aliphatic heterocycles. The Morgan fingerprint density at radius 1 is 1.33 bits per heavy atom. The summed E-state index contributed by atoms with van der Waals surface area (Å²) in [6.07, 6.45) is 4.19. The van der Waals surface area contributed by atoms with Gasteiger partial charge >= 0.3 is 0 Å². The molecular formula is C13H15FO. The highest BCUT2D eigenvalue weighted by Crippen LogP contribution is 2.28. The Balaban J connectivity index is 2.21. The minimum absolute atomic E-state index is 0.117. The van der Waals surface area contributed by atoms with Crippen LogP contribution in [-0.2, 0) is 0 Å². The molecule has 1 aromatic rings. The molecule has 1 aliphatic rings. The van der Waals surface area contributed by atoms with Crippen molar-refractivity contribution in [3.8, 4) is 0 Å². The molecule has 1 saturated carbocycles. The van der Waals surface area contributed by atoms with Crippen LogP contribution in [0, 0.1) is 18.7 Å². The molecule has 0 saturated heterocycles. The first-order chi connectivity index (χ1) is 7.18. The maximum atomic E-state index is 13.3. The van der Waals surface area contributed by atoms with Crippen LogP contribution in [0.2, 0.25) is 0 Å². The van der Waals surface area contributed by atoms with Crippen LogP contribution in [0.3, 0.4) is 0 Å². The molecule has 0 heterocycles. The molecule has 15 heavy (non-hydrogen) atoms. The predicted octanol–water partition coefficient (Wildman–Crippen LogP) is 3.51. The summed E-state index contributed by atoms with van der Waals surface area (Å²) in [5.74, 6) is -0.0302. The molecule has 0 atom stereocenters. The van der Waals surface area contributed by atoms with E-state index in [4.69, 9.17) is 0 Å². The van der Waals surface area contributed by atoms with Gasteiger partial charge in [0, 0.05) is 11.5 Å². The van der Waals surface area contributed by atoms with Gasteiger partial charge in [-0.3, -0.25) is 4.79 Å². The zero-order chi connectivity index (χ0) is 10.8. The summed E-state index contributed by atoms with van der Waals surface area (Å²) >= 11 is 0. The summed E-state index contributed by atoms with van der Waals surface area (Å²) in [6, 6.07) is 4.78. The van der Waals surface area contributed by atoms with Gasteiger partial charge in [-0.2, -0.15) is 0 Å². The minimum Gasteiger partial charge on any atom is -0.294 e. The summed E-state index contributed by atoms with van der Waals surface area (Å²) in [5.41, 5.74) is 1.13. The lowest BCUT2D eigenvalue weighted by atomic mass is 9.95. The fraction of sp³-hybridized carbons (Fsp3) is 0.462. The third-order valence-corrected chi connectivity index (χ3v) is 3.18. The number of benzene rings is 1. The van der Waals surface area contributed by atoms with Crippen molar-refractivity contribution in [1.29, 1.82) is 0 Å². The molecule has 80 valence electrons. The minimum atomic E-state index is -0.279. The van der Waals surface area contributed by atoms with Crippen LogP contribution in [0.4, 0.5) is 4.39 Å². The fourth-order valence-electron chi connectivity index (χ4n) is 2.17. The molecule has 0 N–H and O–H groups in total. The van der Waals surface area contributed by atoms with Gasteiger partial charge in [-0.1, -0.05) is 25.0 Å². The van der Waals surface area contributed by atoms with Gasteiger partial charge in [0.05, 0.1) is 0 Å². The van der Waals surface area contributed by atoms with Gasteiger partial charge in [-0.05, 0) is 31.4 Å². The molecule has 2 heteroatoms. The molecule has 2 rings (SSSR count). The van der Waals surface area contributed by atoms with Gasteiger partial charge < -0.3 is 0 Å². The topological polar surface area (TPSA) is 17.1 Å². The number of carbonyl (C=O) groups is 1. The number of ketones is 1. The van der Waals surface area contributed by atoms with Gasteiger partial charge in [-0.25, -0.2) is 4.39 Å². The van der Waals surface area contributed by atoms with Crippen LogP contribution >= 0.6 is 0 Å². The Hall–Kier alpha value is -1.18. The van der Waals surface area contributed by atoms with Gasteiger partial charge in [0.1, 0.15) is 5.82 Å². The van der Waals surface area contributed by atoms with E-state index in [-0.39, 0.29) is 17.5 Å². The average molecular weight is 206 g/mol. The van der Waals surface area contributed by atoms with E-state index in [1.54, 1.807) is 19.1 Å². The smallest absolute Gasteiger partial charge is 0.166 e. The summed E-state index contributed by atoms with van der Waals surface area (Å²) in [4.78, 5) is 11.9. The van der Waals surface area contributed by atoms with Crippen LogP contribution in [0.25, 0.3) is 0 Å². The maximum absolute atomic E-state index is 13.3. The molecule has 1 nitrogen and oxygen atoms in total. The SMILES string of the molecule is Cc1ccc(C(=O)C2CCCC2)cc1F. The fourth-order valence-corrected chi connectivity index (χ4v) is 2.17. The van der Waals surface area contributed by atoms with E-state index < -0.39 is 0 Å². The molecule has 0 radical (unpaired) electrons. The van der Waals surface area contributed by atoms with E-state index in [0.29, 0.717) is 11.1 Å². The number of rotatable bonds is 2. The van der Waals surface area contributed by atoms with E-state index in [1.165, 1.54) is 6.07 Å². The van der Waals surface area contributed by atoms with Gasteiger partial charge in [0.2, 0.25) is 0 Å². The third kappa shape index (κ3) is 2.09. The Labute approximate surface area is 89.3 Å². The van der Waals surface area contributed by atoms with E-state index in [2.05, 4.69) is 0 Å². The monoisotopic (exact) mass is 206 g/mol. The summed E-state index contributed by atoms with van der Waals surface area (Å²) < 4.78 is 13.3. The number of Topliss-reactive ketones (excluding diaryl/α,β-unsaturated/α-hetero) is 1. The first-order valence-electron chi connectivity index (χ1n) is 5.49. The van der Waals surface area contributed by atoms with Crippen LogP contribution in [0.15, 0.2) is 18.2 Å². The van der Waals surface area contributed by atoms with Crippen LogP contribution in [-0.4, -0.2) is 5.78 Å². The van der Waals surface area contributed by atoms with Crippen molar-refractivity contribution in [2.75, 3.05) is 0 Å². The standard InChI is InChI=1S/C13H15FO/c1-9-6-7-11(8-12(9)14)13(15)10-4-2-3-5-10/h6-8,10H,2-5H2,1H3. The molecule has 0 spiro atoms. The second-order valence-electron chi connectivity index (χ2n) is 4.31. The van der Waals surface area contributed by atoms with Gasteiger partial charge in [0.15, 0.2) is 5.78 Å². The highest BCUT2D eigenvalue weighted by molar-refractivity contribution is 5.98. The summed E-state index contributed by atoms with van der Waals surface area (Å²) in [5, 5.41) is 0. The quantitative estimate of drug-likeness (QED) is 0.677. The highest BCUT2D eigenvalue weighted by atomic mass is 19.1. The van der Waals surface area contributed by atoms with Gasteiger partial charge in [-0.15, -0.1) is 0 Å². The molecule has 0 unspecified atom stereocenters. The van der Waals surface area contributed by atoms with Crippen LogP contribution in [0.1, 0.15) is 41.6 Å². The zero-order valence-electron chi connectivity index (χ0n) is 8.92. The number of hydrogen-bond donors (Lipinski definition) is 0. The molecule has 0 aromatic heterocycles. The molecular weight excluding hydrogens is 191 g/mol. The molecule has 0 bridgehead atoms. The number of hydrogen-bond acceptors (Lipinski definition) is 1. The summed E-state index contributed by atoms with van der Waals surface area (Å²) in [6.45, 7) is 1.71. The second-order valence-corrected chi connectivity index (χ2v) is 4.31. The first-order valence-corrected chi connectivity index (χ1v) is 5.49. The van der Waals surface area contributed by atoms with Crippen LogP contribution < -0.4 is 0 Å². The Morgan fingerprint density at radius 3 is 2.60 bits per heavy atom. The molecule has 1 fully saturated rings. The third-order valence-electron chi connectivity index (χ3n) is 3.18. The zero-order valence-corrected chi connectivity index (χ0v) is 8.92. The number of halogens is 1. The molecule has 1 aromatic carbocycles. The van der Waals surface area contributed by atoms with Crippen molar-refractivity contribution in [3.63, 3.8) is 0 Å². The van der Waals surface area contributed by atoms with Crippen LogP contribution in [0.5, 0.6) is 0 Å². The Morgan fingerprint density at radius 2 is 2.00 bits per heavy atom. The van der Waals surface area contributed by atoms with Crippen molar-refractivity contribution in [2.24, 2.45) is 5.92 Å². The van der Waals surface area contributed by atoms with Crippen molar-refractivity contribution in [2.45, 2.75) is 32.6 Å². The lowest BCUT2D eigenvalue weighted by Crippen LogP contribution is -2.11. The Kier molecular flexibility index (Phi) is 2.85. The lowest BCUT2D eigenvalue weighted by Gasteiger charge is -2.08. The number of aryl methyl sites for hydroxylation is 1. The van der Waals surface area contributed by atoms with E-state index >= 15 is 0 Å². The second kappa shape index (κ2) is 4.13. The molecule has 1 aliphatic carbocycles. The lowest BCUT2D eigenvalue weighted by molar-refractivity contribution is 0.0922. The largest absolute Gasteiger partial charge is 0.294 e. The number of carbonyl (C=O) groups excluding carboxylic acids is 1. The van der Waals surface area contributed by atoms with E-state index in [1.807, 2.05) is 0 Å². The molecule has 0 amide bonds. The van der Waals surface area contributed by atoms with Gasteiger partial charge in [0.25, 0.3) is 0 Å². The average Bonchev–Trinajstić information content (AvgIpc) is 2.74.